The lowest BCUT2D eigenvalue weighted by atomic mass is 10.1. The molecule has 0 aliphatic rings. The number of non-ortho nitro benzene ring substituents is 1. The average molecular weight is 452 g/mol. The van der Waals surface area contributed by atoms with Crippen LogP contribution in [0.5, 0.6) is 5.75 Å². The molecule has 0 aliphatic carbocycles. The van der Waals surface area contributed by atoms with Crippen LogP contribution < -0.4 is 15.8 Å². The summed E-state index contributed by atoms with van der Waals surface area (Å²) < 4.78 is 11.5. The van der Waals surface area contributed by atoms with Crippen LogP contribution in [0.1, 0.15) is 19.4 Å². The number of benzene rings is 2. The summed E-state index contributed by atoms with van der Waals surface area (Å²) in [4.78, 5) is 22.4. The summed E-state index contributed by atoms with van der Waals surface area (Å²) in [5, 5.41) is 13.6. The molecular weight excluding hydrogens is 430 g/mol. The van der Waals surface area contributed by atoms with Gasteiger partial charge in [0, 0.05) is 18.2 Å². The van der Waals surface area contributed by atoms with Crippen LogP contribution in [0.3, 0.4) is 0 Å². The maximum atomic E-state index is 12.1. The quantitative estimate of drug-likeness (QED) is 0.465. The van der Waals surface area contributed by atoms with E-state index in [9.17, 15) is 14.9 Å². The number of hydrogen-bond acceptors (Lipinski definition) is 6. The minimum absolute atomic E-state index is 0.0627. The first kappa shape index (κ1) is 21.6. The summed E-state index contributed by atoms with van der Waals surface area (Å²) in [6.07, 6.45) is -1.17. The first-order valence-electron chi connectivity index (χ1n) is 8.61. The van der Waals surface area contributed by atoms with Crippen LogP contribution in [-0.2, 0) is 11.3 Å². The smallest absolute Gasteiger partial charge is 0.407 e. The zero-order chi connectivity index (χ0) is 20.7. The number of ether oxygens (including phenoxy) is 2. The van der Waals surface area contributed by atoms with Crippen LogP contribution >= 0.6 is 15.9 Å². The van der Waals surface area contributed by atoms with E-state index in [0.717, 1.165) is 5.56 Å². The topological polar surface area (TPSA) is 117 Å². The molecule has 0 radical (unpaired) electrons. The number of carbonyl (C=O) groups excluding carboxylic acids is 1. The van der Waals surface area contributed by atoms with Crippen molar-refractivity contribution >= 4 is 27.7 Å². The minimum atomic E-state index is -0.589. The molecule has 2 aromatic rings. The van der Waals surface area contributed by atoms with Crippen LogP contribution in [0.2, 0.25) is 0 Å². The lowest BCUT2D eigenvalue weighted by Gasteiger charge is -2.29. The highest BCUT2D eigenvalue weighted by Gasteiger charge is 2.26. The predicted octanol–water partition coefficient (Wildman–Crippen LogP) is 3.77. The van der Waals surface area contributed by atoms with Gasteiger partial charge >= 0.3 is 6.09 Å². The molecule has 0 spiro atoms. The Morgan fingerprint density at radius 1 is 1.25 bits per heavy atom. The van der Waals surface area contributed by atoms with Crippen molar-refractivity contribution in [1.29, 1.82) is 0 Å². The first-order chi connectivity index (χ1) is 13.3. The van der Waals surface area contributed by atoms with E-state index in [1.54, 1.807) is 13.8 Å². The molecule has 2 rings (SSSR count). The van der Waals surface area contributed by atoms with E-state index in [1.165, 1.54) is 18.2 Å². The Balaban J connectivity index is 1.98. The molecule has 0 saturated carbocycles. The molecule has 0 fully saturated rings. The average Bonchev–Trinajstić information content (AvgIpc) is 2.65. The molecule has 3 N–H and O–H groups in total. The van der Waals surface area contributed by atoms with Crippen LogP contribution in [0.4, 0.5) is 10.5 Å². The third kappa shape index (κ3) is 6.21. The Hall–Kier alpha value is -2.65. The van der Waals surface area contributed by atoms with Crippen molar-refractivity contribution < 1.29 is 19.2 Å². The third-order valence-electron chi connectivity index (χ3n) is 3.96. The van der Waals surface area contributed by atoms with E-state index in [2.05, 4.69) is 21.2 Å². The first-order valence-corrected chi connectivity index (χ1v) is 9.40. The van der Waals surface area contributed by atoms with Gasteiger partial charge in [0.1, 0.15) is 18.5 Å². The zero-order valence-electron chi connectivity index (χ0n) is 15.5. The number of nitrogens with zero attached hydrogens (tertiary/aromatic N) is 1. The number of nitro groups is 1. The second kappa shape index (κ2) is 10.0. The van der Waals surface area contributed by atoms with Gasteiger partial charge in [-0.25, -0.2) is 4.79 Å². The highest BCUT2D eigenvalue weighted by atomic mass is 79.9. The lowest BCUT2D eigenvalue weighted by Crippen LogP contribution is -2.51. The second-order valence-corrected chi connectivity index (χ2v) is 7.16. The maximum absolute atomic E-state index is 12.1. The summed E-state index contributed by atoms with van der Waals surface area (Å²) in [5.74, 6) is 0.388. The summed E-state index contributed by atoms with van der Waals surface area (Å²) in [6.45, 7) is 3.64. The molecule has 8 nitrogen and oxygen atoms in total. The summed E-state index contributed by atoms with van der Waals surface area (Å²) in [5.41, 5.74) is 6.83. The van der Waals surface area contributed by atoms with Crippen LogP contribution in [0.15, 0.2) is 53.0 Å². The summed E-state index contributed by atoms with van der Waals surface area (Å²) >= 11 is 3.26. The lowest BCUT2D eigenvalue weighted by molar-refractivity contribution is -0.385. The van der Waals surface area contributed by atoms with Gasteiger partial charge < -0.3 is 20.5 Å². The van der Waals surface area contributed by atoms with Crippen LogP contribution in [-0.4, -0.2) is 29.2 Å². The highest BCUT2D eigenvalue weighted by molar-refractivity contribution is 9.10. The number of halogens is 1. The normalized spacial score (nSPS) is 13.9. The highest BCUT2D eigenvalue weighted by Crippen LogP contribution is 2.30. The number of amides is 1. The number of nitro benzene ring substituents is 1. The molecule has 0 saturated heterocycles. The maximum Gasteiger partial charge on any atom is 0.407 e. The van der Waals surface area contributed by atoms with Gasteiger partial charge in [0.2, 0.25) is 0 Å². The number of hydrogen-bond donors (Lipinski definition) is 2. The zero-order valence-corrected chi connectivity index (χ0v) is 17.1. The van der Waals surface area contributed by atoms with Crippen molar-refractivity contribution in [1.82, 2.24) is 5.32 Å². The monoisotopic (exact) mass is 451 g/mol. The van der Waals surface area contributed by atoms with Crippen LogP contribution in [0.25, 0.3) is 0 Å². The van der Waals surface area contributed by atoms with Gasteiger partial charge in [-0.05, 0) is 41.4 Å². The van der Waals surface area contributed by atoms with E-state index in [-0.39, 0.29) is 12.3 Å². The molecule has 0 aliphatic heterocycles. The Labute approximate surface area is 171 Å². The number of nitrogens with one attached hydrogen (secondary N) is 1. The Kier molecular flexibility index (Phi) is 7.77. The molecule has 2 aromatic carbocycles. The Bertz CT molecular complexity index is 816. The third-order valence-corrected chi connectivity index (χ3v) is 4.58. The standard InChI is InChI=1S/C19H22BrN3O5/c1-12(21)18(28-17-9-8-15(23(25)26)10-16(17)20)13(2)22-19(24)27-11-14-6-4-3-5-7-14/h3-10,12-13,18H,11,21H2,1-2H3,(H,22,24)/t12-,13+,18-/m1/s1. The van der Waals surface area contributed by atoms with Gasteiger partial charge in [0.15, 0.2) is 0 Å². The van der Waals surface area contributed by atoms with Crippen molar-refractivity contribution in [3.63, 3.8) is 0 Å². The number of nitrogens with two attached hydrogens (primary N) is 1. The summed E-state index contributed by atoms with van der Waals surface area (Å²) in [6, 6.07) is 12.6. The van der Waals surface area contributed by atoms with Gasteiger partial charge in [-0.3, -0.25) is 10.1 Å². The van der Waals surface area contributed by atoms with E-state index in [1.807, 2.05) is 30.3 Å². The SMILES string of the molecule is C[C@H](NC(=O)OCc1ccccc1)[C@H](Oc1ccc([N+](=O)[O-])cc1Br)[C@@H](C)N. The molecule has 0 bridgehead atoms. The van der Waals surface area contributed by atoms with E-state index in [0.29, 0.717) is 10.2 Å². The van der Waals surface area contributed by atoms with Crippen LogP contribution in [0, 0.1) is 10.1 Å². The fourth-order valence-electron chi connectivity index (χ4n) is 2.54. The number of carbonyl (C=O) groups is 1. The predicted molar refractivity (Wildman–Crippen MR) is 108 cm³/mol. The fourth-order valence-corrected chi connectivity index (χ4v) is 3.00. The molecule has 0 aromatic heterocycles. The van der Waals surface area contributed by atoms with E-state index in [4.69, 9.17) is 15.2 Å². The molecule has 0 heterocycles. The number of rotatable bonds is 8. The van der Waals surface area contributed by atoms with Crippen molar-refractivity contribution in [3.05, 3.63) is 68.7 Å². The Morgan fingerprint density at radius 3 is 2.50 bits per heavy atom. The molecule has 9 heteroatoms. The molecular formula is C19H22BrN3O5. The van der Waals surface area contributed by atoms with Gasteiger partial charge in [0.25, 0.3) is 5.69 Å². The molecule has 1 amide bonds. The molecule has 150 valence electrons. The van der Waals surface area contributed by atoms with Gasteiger partial charge in [-0.15, -0.1) is 0 Å². The second-order valence-electron chi connectivity index (χ2n) is 6.31. The van der Waals surface area contributed by atoms with Crippen molar-refractivity contribution in [3.8, 4) is 5.75 Å². The van der Waals surface area contributed by atoms with Gasteiger partial charge in [0.05, 0.1) is 15.4 Å². The molecule has 0 unspecified atom stereocenters. The van der Waals surface area contributed by atoms with E-state index < -0.39 is 29.2 Å². The minimum Gasteiger partial charge on any atom is -0.485 e. The number of alkyl carbamates (subject to hydrolysis) is 1. The van der Waals surface area contributed by atoms with Gasteiger partial charge in [-0.2, -0.15) is 0 Å². The van der Waals surface area contributed by atoms with Crippen molar-refractivity contribution in [2.75, 3.05) is 0 Å². The van der Waals surface area contributed by atoms with Gasteiger partial charge in [-0.1, -0.05) is 30.3 Å². The fraction of sp³-hybridized carbons (Fsp3) is 0.316. The molecule has 3 atom stereocenters. The summed E-state index contributed by atoms with van der Waals surface area (Å²) in [7, 11) is 0. The van der Waals surface area contributed by atoms with Crippen molar-refractivity contribution in [2.24, 2.45) is 5.73 Å². The largest absolute Gasteiger partial charge is 0.485 e. The van der Waals surface area contributed by atoms with Crippen molar-refractivity contribution in [2.45, 2.75) is 38.6 Å². The molecule has 28 heavy (non-hydrogen) atoms. The van der Waals surface area contributed by atoms with E-state index >= 15 is 0 Å². The Morgan fingerprint density at radius 2 is 1.93 bits per heavy atom.